The maximum Gasteiger partial charge on any atom is 0.120 e. The maximum absolute atomic E-state index is 9.83. The Morgan fingerprint density at radius 3 is 2.47 bits per heavy atom. The van der Waals surface area contributed by atoms with Crippen LogP contribution >= 0.6 is 0 Å². The van der Waals surface area contributed by atoms with Crippen LogP contribution in [-0.2, 0) is 6.54 Å². The third kappa shape index (κ3) is 2.05. The van der Waals surface area contributed by atoms with Crippen molar-refractivity contribution in [1.82, 2.24) is 4.90 Å². The van der Waals surface area contributed by atoms with Crippen molar-refractivity contribution in [3.63, 3.8) is 0 Å². The molecule has 0 radical (unpaired) electrons. The standard InChI is InChI=1S/C14H20N2O/c15-11-7-12-5-6-13(8-11)16(12)9-10-3-1-2-4-14(10)17/h1-4,11-13,17H,5-9,15H2. The molecule has 0 aromatic heterocycles. The fourth-order valence-electron chi connectivity index (χ4n) is 3.42. The van der Waals surface area contributed by atoms with E-state index in [0.29, 0.717) is 23.9 Å². The van der Waals surface area contributed by atoms with Gasteiger partial charge in [-0.15, -0.1) is 0 Å². The molecule has 2 heterocycles. The van der Waals surface area contributed by atoms with E-state index in [4.69, 9.17) is 5.73 Å². The number of hydrogen-bond donors (Lipinski definition) is 2. The first-order valence-corrected chi connectivity index (χ1v) is 6.52. The van der Waals surface area contributed by atoms with Crippen LogP contribution in [-0.4, -0.2) is 28.1 Å². The number of fused-ring (bicyclic) bond motifs is 2. The number of nitrogens with zero attached hydrogens (tertiary/aromatic N) is 1. The molecule has 2 bridgehead atoms. The number of nitrogens with two attached hydrogens (primary N) is 1. The average Bonchev–Trinajstić information content (AvgIpc) is 2.56. The fraction of sp³-hybridized carbons (Fsp3) is 0.571. The highest BCUT2D eigenvalue weighted by Gasteiger charge is 2.39. The smallest absolute Gasteiger partial charge is 0.120 e. The van der Waals surface area contributed by atoms with E-state index in [2.05, 4.69) is 4.90 Å². The number of aromatic hydroxyl groups is 1. The van der Waals surface area contributed by atoms with Crippen LogP contribution in [0.25, 0.3) is 0 Å². The third-order valence-corrected chi connectivity index (χ3v) is 4.27. The third-order valence-electron chi connectivity index (χ3n) is 4.27. The number of rotatable bonds is 2. The van der Waals surface area contributed by atoms with Gasteiger partial charge < -0.3 is 10.8 Å². The van der Waals surface area contributed by atoms with Crippen molar-refractivity contribution in [1.29, 1.82) is 0 Å². The fourth-order valence-corrected chi connectivity index (χ4v) is 3.42. The average molecular weight is 232 g/mol. The summed E-state index contributed by atoms with van der Waals surface area (Å²) in [5, 5.41) is 9.83. The first kappa shape index (κ1) is 11.1. The molecule has 0 amide bonds. The lowest BCUT2D eigenvalue weighted by atomic mass is 9.97. The zero-order valence-corrected chi connectivity index (χ0v) is 10.0. The first-order valence-electron chi connectivity index (χ1n) is 6.52. The second-order valence-electron chi connectivity index (χ2n) is 5.42. The minimum absolute atomic E-state index is 0.383. The van der Waals surface area contributed by atoms with Gasteiger partial charge in [-0.25, -0.2) is 0 Å². The van der Waals surface area contributed by atoms with E-state index >= 15 is 0 Å². The van der Waals surface area contributed by atoms with Crippen LogP contribution in [0, 0.1) is 0 Å². The number of phenolic OH excluding ortho intramolecular Hbond substituents is 1. The zero-order valence-electron chi connectivity index (χ0n) is 10.0. The topological polar surface area (TPSA) is 49.5 Å². The molecule has 3 heteroatoms. The van der Waals surface area contributed by atoms with Crippen molar-refractivity contribution < 1.29 is 5.11 Å². The predicted octanol–water partition coefficient (Wildman–Crippen LogP) is 1.85. The van der Waals surface area contributed by atoms with E-state index in [9.17, 15) is 5.11 Å². The molecular weight excluding hydrogens is 212 g/mol. The Morgan fingerprint density at radius 2 is 1.82 bits per heavy atom. The minimum atomic E-state index is 0.383. The van der Waals surface area contributed by atoms with Crippen LogP contribution in [0.3, 0.4) is 0 Å². The molecule has 92 valence electrons. The monoisotopic (exact) mass is 232 g/mol. The summed E-state index contributed by atoms with van der Waals surface area (Å²) in [6.07, 6.45) is 4.77. The Labute approximate surface area is 102 Å². The van der Waals surface area contributed by atoms with E-state index in [-0.39, 0.29) is 0 Å². The molecular formula is C14H20N2O. The zero-order chi connectivity index (χ0) is 11.8. The lowest BCUT2D eigenvalue weighted by molar-refractivity contribution is 0.119. The van der Waals surface area contributed by atoms with Gasteiger partial charge in [0, 0.05) is 30.2 Å². The van der Waals surface area contributed by atoms with Crippen molar-refractivity contribution in [2.75, 3.05) is 0 Å². The molecule has 17 heavy (non-hydrogen) atoms. The van der Waals surface area contributed by atoms with Gasteiger partial charge in [-0.3, -0.25) is 4.90 Å². The number of para-hydroxylation sites is 1. The van der Waals surface area contributed by atoms with Gasteiger partial charge in [-0.1, -0.05) is 18.2 Å². The summed E-state index contributed by atoms with van der Waals surface area (Å²) < 4.78 is 0. The summed E-state index contributed by atoms with van der Waals surface area (Å²) in [4.78, 5) is 2.54. The van der Waals surface area contributed by atoms with E-state index in [0.717, 1.165) is 24.9 Å². The summed E-state index contributed by atoms with van der Waals surface area (Å²) in [5.74, 6) is 0.418. The van der Waals surface area contributed by atoms with Crippen LogP contribution < -0.4 is 5.73 Å². The highest BCUT2D eigenvalue weighted by molar-refractivity contribution is 5.31. The summed E-state index contributed by atoms with van der Waals surface area (Å²) >= 11 is 0. The van der Waals surface area contributed by atoms with Gasteiger partial charge >= 0.3 is 0 Å². The second kappa shape index (κ2) is 4.31. The molecule has 2 aliphatic rings. The summed E-state index contributed by atoms with van der Waals surface area (Å²) in [6.45, 7) is 0.870. The van der Waals surface area contributed by atoms with E-state index in [1.54, 1.807) is 6.07 Å². The number of piperidine rings is 1. The Kier molecular flexibility index (Phi) is 2.81. The Balaban J connectivity index is 1.76. The molecule has 1 aromatic carbocycles. The lowest BCUT2D eigenvalue weighted by Gasteiger charge is -2.37. The van der Waals surface area contributed by atoms with Crippen molar-refractivity contribution >= 4 is 0 Å². The molecule has 2 fully saturated rings. The largest absolute Gasteiger partial charge is 0.508 e. The predicted molar refractivity (Wildman–Crippen MR) is 67.7 cm³/mol. The second-order valence-corrected chi connectivity index (χ2v) is 5.42. The Bertz CT molecular complexity index is 393. The van der Waals surface area contributed by atoms with Crippen molar-refractivity contribution in [3.05, 3.63) is 29.8 Å². The van der Waals surface area contributed by atoms with Gasteiger partial charge in [0.15, 0.2) is 0 Å². The SMILES string of the molecule is NC1CC2CCC(C1)N2Cc1ccccc1O. The highest BCUT2D eigenvalue weighted by atomic mass is 16.3. The maximum atomic E-state index is 9.83. The van der Waals surface area contributed by atoms with Gasteiger partial charge in [0.1, 0.15) is 5.75 Å². The van der Waals surface area contributed by atoms with E-state index in [1.165, 1.54) is 12.8 Å². The van der Waals surface area contributed by atoms with E-state index in [1.807, 2.05) is 18.2 Å². The van der Waals surface area contributed by atoms with Gasteiger partial charge in [0.05, 0.1) is 0 Å². The van der Waals surface area contributed by atoms with Crippen LogP contribution in [0.1, 0.15) is 31.2 Å². The molecule has 3 rings (SSSR count). The number of benzene rings is 1. The van der Waals surface area contributed by atoms with Crippen LogP contribution in [0.4, 0.5) is 0 Å². The molecule has 2 aliphatic heterocycles. The van der Waals surface area contributed by atoms with Crippen molar-refractivity contribution in [2.24, 2.45) is 5.73 Å². The Morgan fingerprint density at radius 1 is 1.18 bits per heavy atom. The molecule has 0 saturated carbocycles. The summed E-state index contributed by atoms with van der Waals surface area (Å²) in [6, 6.07) is 9.29. The van der Waals surface area contributed by atoms with Gasteiger partial charge in [-0.05, 0) is 31.7 Å². The lowest BCUT2D eigenvalue weighted by Crippen LogP contribution is -2.46. The van der Waals surface area contributed by atoms with Crippen LogP contribution in [0.15, 0.2) is 24.3 Å². The first-order chi connectivity index (χ1) is 8.24. The Hall–Kier alpha value is -1.06. The van der Waals surface area contributed by atoms with Crippen molar-refractivity contribution in [3.8, 4) is 5.75 Å². The molecule has 3 nitrogen and oxygen atoms in total. The molecule has 0 spiro atoms. The van der Waals surface area contributed by atoms with E-state index < -0.39 is 0 Å². The molecule has 2 saturated heterocycles. The molecule has 1 aromatic rings. The molecule has 2 atom stereocenters. The molecule has 2 unspecified atom stereocenters. The van der Waals surface area contributed by atoms with Crippen LogP contribution in [0.5, 0.6) is 5.75 Å². The van der Waals surface area contributed by atoms with Gasteiger partial charge in [-0.2, -0.15) is 0 Å². The van der Waals surface area contributed by atoms with Crippen LogP contribution in [0.2, 0.25) is 0 Å². The normalized spacial score (nSPS) is 32.9. The van der Waals surface area contributed by atoms with Gasteiger partial charge in [0.25, 0.3) is 0 Å². The van der Waals surface area contributed by atoms with Crippen molar-refractivity contribution in [2.45, 2.75) is 50.4 Å². The number of hydrogen-bond acceptors (Lipinski definition) is 3. The number of phenols is 1. The highest BCUT2D eigenvalue weighted by Crippen LogP contribution is 2.36. The quantitative estimate of drug-likeness (QED) is 0.818. The summed E-state index contributed by atoms with van der Waals surface area (Å²) in [7, 11) is 0. The summed E-state index contributed by atoms with van der Waals surface area (Å²) in [5.41, 5.74) is 7.11. The molecule has 3 N–H and O–H groups in total. The minimum Gasteiger partial charge on any atom is -0.508 e. The molecule has 0 aliphatic carbocycles. The van der Waals surface area contributed by atoms with Gasteiger partial charge in [0.2, 0.25) is 0 Å².